The highest BCUT2D eigenvalue weighted by Crippen LogP contribution is 2.36. The van der Waals surface area contributed by atoms with Gasteiger partial charge in [-0.1, -0.05) is 6.92 Å². The molecule has 1 N–H and O–H groups in total. The summed E-state index contributed by atoms with van der Waals surface area (Å²) in [4.78, 5) is 0. The van der Waals surface area contributed by atoms with Crippen molar-refractivity contribution < 1.29 is 8.42 Å². The molecule has 0 amide bonds. The molecule has 0 aromatic carbocycles. The lowest BCUT2D eigenvalue weighted by Gasteiger charge is -2.37. The van der Waals surface area contributed by atoms with Gasteiger partial charge >= 0.3 is 0 Å². The Labute approximate surface area is 110 Å². The summed E-state index contributed by atoms with van der Waals surface area (Å²) in [7, 11) is -3.00. The minimum atomic E-state index is -3.00. The van der Waals surface area contributed by atoms with E-state index in [2.05, 4.69) is 12.2 Å². The Morgan fingerprint density at radius 3 is 2.22 bits per heavy atom. The summed E-state index contributed by atoms with van der Waals surface area (Å²) in [6.07, 6.45) is 7.16. The van der Waals surface area contributed by atoms with E-state index >= 15 is 0 Å². The average molecular weight is 272 g/mol. The van der Waals surface area contributed by atoms with Crippen LogP contribution >= 0.6 is 0 Å². The van der Waals surface area contributed by atoms with Gasteiger partial charge in [-0.05, 0) is 44.9 Å². The van der Waals surface area contributed by atoms with Crippen LogP contribution < -0.4 is 5.32 Å². The maximum absolute atomic E-state index is 12.5. The van der Waals surface area contributed by atoms with Crippen molar-refractivity contribution >= 4 is 10.0 Å². The SMILES string of the molecule is CCCN(C1CC2CCC(C1)N2)S(=O)(=O)C1CC1. The molecule has 0 aromatic rings. The van der Waals surface area contributed by atoms with Crippen molar-refractivity contribution in [3.8, 4) is 0 Å². The third-order valence-electron chi connectivity index (χ3n) is 4.57. The molecule has 2 bridgehead atoms. The van der Waals surface area contributed by atoms with Crippen molar-refractivity contribution in [3.63, 3.8) is 0 Å². The second-order valence-electron chi connectivity index (χ2n) is 6.12. The topological polar surface area (TPSA) is 49.4 Å². The van der Waals surface area contributed by atoms with Crippen molar-refractivity contribution in [2.75, 3.05) is 6.54 Å². The zero-order valence-electron chi connectivity index (χ0n) is 11.1. The Morgan fingerprint density at radius 1 is 1.11 bits per heavy atom. The predicted octanol–water partition coefficient (Wildman–Crippen LogP) is 1.47. The summed E-state index contributed by atoms with van der Waals surface area (Å²) in [5.41, 5.74) is 0. The van der Waals surface area contributed by atoms with E-state index in [-0.39, 0.29) is 11.3 Å². The van der Waals surface area contributed by atoms with Gasteiger partial charge in [-0.3, -0.25) is 0 Å². The first-order chi connectivity index (χ1) is 8.61. The van der Waals surface area contributed by atoms with Crippen LogP contribution in [0.3, 0.4) is 0 Å². The number of piperidine rings is 1. The highest BCUT2D eigenvalue weighted by atomic mass is 32.2. The van der Waals surface area contributed by atoms with Crippen LogP contribution in [0, 0.1) is 0 Å². The van der Waals surface area contributed by atoms with Crippen LogP contribution in [0.2, 0.25) is 0 Å². The lowest BCUT2D eigenvalue weighted by atomic mass is 10.00. The Balaban J connectivity index is 1.77. The molecule has 2 heterocycles. The quantitative estimate of drug-likeness (QED) is 0.824. The summed E-state index contributed by atoms with van der Waals surface area (Å²) in [5, 5.41) is 3.53. The summed E-state index contributed by atoms with van der Waals surface area (Å²) >= 11 is 0. The molecule has 2 atom stereocenters. The van der Waals surface area contributed by atoms with E-state index in [4.69, 9.17) is 0 Å². The van der Waals surface area contributed by atoms with Crippen molar-refractivity contribution in [2.24, 2.45) is 0 Å². The van der Waals surface area contributed by atoms with Crippen molar-refractivity contribution in [3.05, 3.63) is 0 Å². The lowest BCUT2D eigenvalue weighted by Crippen LogP contribution is -2.51. The van der Waals surface area contributed by atoms with Gasteiger partial charge in [-0.15, -0.1) is 0 Å². The van der Waals surface area contributed by atoms with Crippen LogP contribution in [0.15, 0.2) is 0 Å². The van der Waals surface area contributed by atoms with Crippen LogP contribution in [0.1, 0.15) is 51.9 Å². The zero-order valence-corrected chi connectivity index (χ0v) is 12.0. The first-order valence-electron chi connectivity index (χ1n) is 7.38. The van der Waals surface area contributed by atoms with E-state index in [0.29, 0.717) is 18.6 Å². The van der Waals surface area contributed by atoms with Crippen molar-refractivity contribution in [1.82, 2.24) is 9.62 Å². The molecule has 0 aromatic heterocycles. The minimum Gasteiger partial charge on any atom is -0.311 e. The van der Waals surface area contributed by atoms with E-state index in [0.717, 1.165) is 32.1 Å². The number of rotatable bonds is 5. The first kappa shape index (κ1) is 12.9. The molecule has 5 heteroatoms. The molecule has 0 radical (unpaired) electrons. The normalized spacial score (nSPS) is 36.2. The van der Waals surface area contributed by atoms with Gasteiger partial charge in [0.2, 0.25) is 10.0 Å². The summed E-state index contributed by atoms with van der Waals surface area (Å²) in [6.45, 7) is 2.79. The molecule has 3 rings (SSSR count). The smallest absolute Gasteiger partial charge is 0.217 e. The number of fused-ring (bicyclic) bond motifs is 2. The molecule has 2 unspecified atom stereocenters. The maximum atomic E-state index is 12.5. The third-order valence-corrected chi connectivity index (χ3v) is 7.02. The second-order valence-corrected chi connectivity index (χ2v) is 8.28. The fourth-order valence-electron chi connectivity index (χ4n) is 3.56. The summed E-state index contributed by atoms with van der Waals surface area (Å²) < 4.78 is 26.9. The molecule has 0 spiro atoms. The van der Waals surface area contributed by atoms with Crippen LogP contribution in [0.4, 0.5) is 0 Å². The van der Waals surface area contributed by atoms with Crippen LogP contribution in [0.25, 0.3) is 0 Å². The highest BCUT2D eigenvalue weighted by molar-refractivity contribution is 7.90. The average Bonchev–Trinajstić information content (AvgIpc) is 3.13. The van der Waals surface area contributed by atoms with E-state index in [1.807, 2.05) is 4.31 Å². The van der Waals surface area contributed by atoms with Crippen molar-refractivity contribution in [2.45, 2.75) is 75.2 Å². The largest absolute Gasteiger partial charge is 0.311 e. The highest BCUT2D eigenvalue weighted by Gasteiger charge is 2.45. The van der Waals surface area contributed by atoms with Gasteiger partial charge in [-0.2, -0.15) is 4.31 Å². The molecule has 2 aliphatic heterocycles. The Kier molecular flexibility index (Phi) is 3.41. The maximum Gasteiger partial charge on any atom is 0.217 e. The lowest BCUT2D eigenvalue weighted by molar-refractivity contribution is 0.226. The van der Waals surface area contributed by atoms with E-state index < -0.39 is 10.0 Å². The summed E-state index contributed by atoms with van der Waals surface area (Å²) in [5.74, 6) is 0. The van der Waals surface area contributed by atoms with Gasteiger partial charge in [0, 0.05) is 24.7 Å². The molecule has 18 heavy (non-hydrogen) atoms. The van der Waals surface area contributed by atoms with Gasteiger partial charge in [0.05, 0.1) is 5.25 Å². The van der Waals surface area contributed by atoms with Gasteiger partial charge in [-0.25, -0.2) is 8.42 Å². The summed E-state index contributed by atoms with van der Waals surface area (Å²) in [6, 6.07) is 1.37. The molecular formula is C13H24N2O2S. The predicted molar refractivity (Wildman–Crippen MR) is 71.9 cm³/mol. The van der Waals surface area contributed by atoms with Gasteiger partial charge in [0.15, 0.2) is 0 Å². The molecular weight excluding hydrogens is 248 g/mol. The second kappa shape index (κ2) is 4.76. The standard InChI is InChI=1S/C13H24N2O2S/c1-2-7-15(18(16,17)13-5-6-13)12-8-10-3-4-11(9-12)14-10/h10-14H,2-9H2,1H3. The third kappa shape index (κ3) is 2.32. The number of hydrogen-bond acceptors (Lipinski definition) is 3. The Hall–Kier alpha value is -0.130. The van der Waals surface area contributed by atoms with E-state index in [1.165, 1.54) is 12.8 Å². The Bertz CT molecular complexity index is 393. The molecule has 2 saturated heterocycles. The van der Waals surface area contributed by atoms with Gasteiger partial charge < -0.3 is 5.32 Å². The van der Waals surface area contributed by atoms with E-state index in [1.54, 1.807) is 0 Å². The number of sulfonamides is 1. The fraction of sp³-hybridized carbons (Fsp3) is 1.00. The molecule has 3 aliphatic rings. The number of hydrogen-bond donors (Lipinski definition) is 1. The number of nitrogens with zero attached hydrogens (tertiary/aromatic N) is 1. The van der Waals surface area contributed by atoms with Crippen LogP contribution in [-0.4, -0.2) is 42.6 Å². The minimum absolute atomic E-state index is 0.0587. The first-order valence-corrected chi connectivity index (χ1v) is 8.88. The molecule has 4 nitrogen and oxygen atoms in total. The number of nitrogens with one attached hydrogen (secondary N) is 1. The van der Waals surface area contributed by atoms with Gasteiger partial charge in [0.25, 0.3) is 0 Å². The fourth-order valence-corrected chi connectivity index (χ4v) is 5.70. The van der Waals surface area contributed by atoms with Crippen LogP contribution in [-0.2, 0) is 10.0 Å². The monoisotopic (exact) mass is 272 g/mol. The molecule has 1 saturated carbocycles. The molecule has 3 fully saturated rings. The Morgan fingerprint density at radius 2 is 1.72 bits per heavy atom. The van der Waals surface area contributed by atoms with Crippen LogP contribution in [0.5, 0.6) is 0 Å². The van der Waals surface area contributed by atoms with Gasteiger partial charge in [0.1, 0.15) is 0 Å². The zero-order chi connectivity index (χ0) is 12.8. The molecule has 104 valence electrons. The van der Waals surface area contributed by atoms with Crippen molar-refractivity contribution in [1.29, 1.82) is 0 Å². The van der Waals surface area contributed by atoms with E-state index in [9.17, 15) is 8.42 Å². The molecule has 1 aliphatic carbocycles.